The minimum Gasteiger partial charge on any atom is -0.338 e. The normalized spacial score (nSPS) is 10.7. The molecule has 0 aliphatic rings. The smallest absolute Gasteiger partial charge is 0.146 e. The first-order valence-corrected chi connectivity index (χ1v) is 6.38. The van der Waals surface area contributed by atoms with Crippen molar-refractivity contribution in [1.29, 1.82) is 0 Å². The molecule has 0 aliphatic carbocycles. The lowest BCUT2D eigenvalue weighted by Gasteiger charge is -2.12. The van der Waals surface area contributed by atoms with Gasteiger partial charge < -0.3 is 10.7 Å². The number of nitrogens with two attached hydrogens (primary N) is 1. The lowest BCUT2D eigenvalue weighted by molar-refractivity contribution is 0.631. The number of hydrazine groups is 1. The standard InChI is InChI=1S/C14H18FN5/c1-8(2)14-18-12(7-13(19-14)20-16)17-11-6-9(3)4-5-10(11)15/h4-8H,16H2,1-3H3,(H2,17,18,19,20). The van der Waals surface area contributed by atoms with Gasteiger partial charge >= 0.3 is 0 Å². The molecular weight excluding hydrogens is 257 g/mol. The van der Waals surface area contributed by atoms with Gasteiger partial charge in [0.1, 0.15) is 23.3 Å². The Kier molecular flexibility index (Phi) is 4.14. The molecule has 20 heavy (non-hydrogen) atoms. The minimum absolute atomic E-state index is 0.145. The van der Waals surface area contributed by atoms with E-state index in [-0.39, 0.29) is 11.7 Å². The highest BCUT2D eigenvalue weighted by atomic mass is 19.1. The zero-order chi connectivity index (χ0) is 14.7. The van der Waals surface area contributed by atoms with Gasteiger partial charge in [-0.25, -0.2) is 20.2 Å². The van der Waals surface area contributed by atoms with Crippen molar-refractivity contribution < 1.29 is 4.39 Å². The summed E-state index contributed by atoms with van der Waals surface area (Å²) in [6.07, 6.45) is 0. The molecule has 1 aromatic heterocycles. The fourth-order valence-electron chi connectivity index (χ4n) is 1.73. The van der Waals surface area contributed by atoms with E-state index >= 15 is 0 Å². The number of hydrogen-bond donors (Lipinski definition) is 3. The van der Waals surface area contributed by atoms with Crippen molar-refractivity contribution in [2.45, 2.75) is 26.7 Å². The van der Waals surface area contributed by atoms with E-state index in [1.807, 2.05) is 20.8 Å². The molecular formula is C14H18FN5. The first-order valence-electron chi connectivity index (χ1n) is 6.38. The van der Waals surface area contributed by atoms with Crippen LogP contribution in [-0.4, -0.2) is 9.97 Å². The van der Waals surface area contributed by atoms with E-state index < -0.39 is 0 Å². The van der Waals surface area contributed by atoms with Gasteiger partial charge in [0.05, 0.1) is 5.69 Å². The van der Waals surface area contributed by atoms with Gasteiger partial charge in [0.15, 0.2) is 0 Å². The van der Waals surface area contributed by atoms with Gasteiger partial charge in [0.25, 0.3) is 0 Å². The van der Waals surface area contributed by atoms with Crippen LogP contribution in [0, 0.1) is 12.7 Å². The molecule has 1 aromatic carbocycles. The van der Waals surface area contributed by atoms with Crippen LogP contribution in [0.5, 0.6) is 0 Å². The summed E-state index contributed by atoms with van der Waals surface area (Å²) < 4.78 is 13.8. The second-order valence-corrected chi connectivity index (χ2v) is 4.90. The number of rotatable bonds is 4. The van der Waals surface area contributed by atoms with E-state index in [4.69, 9.17) is 5.84 Å². The van der Waals surface area contributed by atoms with Crippen molar-refractivity contribution in [3.05, 3.63) is 41.5 Å². The molecule has 0 spiro atoms. The summed E-state index contributed by atoms with van der Waals surface area (Å²) in [4.78, 5) is 8.61. The van der Waals surface area contributed by atoms with E-state index in [0.717, 1.165) is 5.56 Å². The molecule has 2 rings (SSSR count). The Labute approximate surface area is 117 Å². The summed E-state index contributed by atoms with van der Waals surface area (Å²) in [7, 11) is 0. The van der Waals surface area contributed by atoms with Crippen LogP contribution in [0.4, 0.5) is 21.7 Å². The second kappa shape index (κ2) is 5.83. The molecule has 0 aliphatic heterocycles. The number of hydrogen-bond acceptors (Lipinski definition) is 5. The first-order chi connectivity index (χ1) is 9.49. The predicted molar refractivity (Wildman–Crippen MR) is 78.4 cm³/mol. The zero-order valence-corrected chi connectivity index (χ0v) is 11.7. The number of nitrogen functional groups attached to an aromatic ring is 1. The lowest BCUT2D eigenvalue weighted by atomic mass is 10.2. The average molecular weight is 275 g/mol. The van der Waals surface area contributed by atoms with Gasteiger partial charge in [-0.1, -0.05) is 19.9 Å². The van der Waals surface area contributed by atoms with Crippen LogP contribution < -0.4 is 16.6 Å². The zero-order valence-electron chi connectivity index (χ0n) is 11.7. The number of benzene rings is 1. The van der Waals surface area contributed by atoms with Gasteiger partial charge in [0.2, 0.25) is 0 Å². The molecule has 0 bridgehead atoms. The van der Waals surface area contributed by atoms with Crippen molar-refractivity contribution in [2.24, 2.45) is 5.84 Å². The fourth-order valence-corrected chi connectivity index (χ4v) is 1.73. The van der Waals surface area contributed by atoms with Gasteiger partial charge in [0, 0.05) is 12.0 Å². The number of nitrogens with one attached hydrogen (secondary N) is 2. The topological polar surface area (TPSA) is 75.9 Å². The predicted octanol–water partition coefficient (Wildman–Crippen LogP) is 3.08. The van der Waals surface area contributed by atoms with Gasteiger partial charge in [-0.15, -0.1) is 0 Å². The number of aryl methyl sites for hydroxylation is 1. The second-order valence-electron chi connectivity index (χ2n) is 4.90. The van der Waals surface area contributed by atoms with E-state index in [0.29, 0.717) is 23.1 Å². The van der Waals surface area contributed by atoms with Gasteiger partial charge in [-0.2, -0.15) is 0 Å². The maximum atomic E-state index is 13.8. The summed E-state index contributed by atoms with van der Waals surface area (Å²) in [5, 5.41) is 2.96. The first kappa shape index (κ1) is 14.2. The summed E-state index contributed by atoms with van der Waals surface area (Å²) in [6.45, 7) is 5.86. The molecule has 0 radical (unpaired) electrons. The quantitative estimate of drug-likeness (QED) is 0.590. The monoisotopic (exact) mass is 275 g/mol. The number of anilines is 3. The van der Waals surface area contributed by atoms with Crippen LogP contribution in [0.15, 0.2) is 24.3 Å². The Morgan fingerprint density at radius 1 is 1.15 bits per heavy atom. The van der Waals surface area contributed by atoms with Crippen LogP contribution in [0.3, 0.4) is 0 Å². The Hall–Kier alpha value is -2.21. The van der Waals surface area contributed by atoms with E-state index in [1.165, 1.54) is 6.07 Å². The molecule has 0 atom stereocenters. The minimum atomic E-state index is -0.331. The Morgan fingerprint density at radius 3 is 2.50 bits per heavy atom. The summed E-state index contributed by atoms with van der Waals surface area (Å²) in [5.41, 5.74) is 3.83. The molecule has 5 nitrogen and oxygen atoms in total. The van der Waals surface area contributed by atoms with Crippen molar-refractivity contribution in [1.82, 2.24) is 9.97 Å². The molecule has 0 fully saturated rings. The molecule has 2 aromatic rings. The molecule has 0 saturated carbocycles. The van der Waals surface area contributed by atoms with E-state index in [1.54, 1.807) is 18.2 Å². The van der Waals surface area contributed by atoms with E-state index in [2.05, 4.69) is 20.7 Å². The third-order valence-electron chi connectivity index (χ3n) is 2.79. The SMILES string of the molecule is Cc1ccc(F)c(Nc2cc(NN)nc(C(C)C)n2)c1. The number of nitrogens with zero attached hydrogens (tertiary/aromatic N) is 2. The highest BCUT2D eigenvalue weighted by molar-refractivity contribution is 5.60. The molecule has 0 saturated heterocycles. The summed E-state index contributed by atoms with van der Waals surface area (Å²) >= 11 is 0. The van der Waals surface area contributed by atoms with E-state index in [9.17, 15) is 4.39 Å². The molecule has 0 unspecified atom stereocenters. The number of aromatic nitrogens is 2. The van der Waals surface area contributed by atoms with Crippen LogP contribution in [0.1, 0.15) is 31.2 Å². The van der Waals surface area contributed by atoms with Crippen molar-refractivity contribution in [2.75, 3.05) is 10.7 Å². The Bertz CT molecular complexity index is 613. The molecule has 0 amide bonds. The average Bonchev–Trinajstić information content (AvgIpc) is 2.42. The van der Waals surface area contributed by atoms with Crippen LogP contribution in [0.25, 0.3) is 0 Å². The summed E-state index contributed by atoms with van der Waals surface area (Å²) in [6, 6.07) is 6.49. The van der Waals surface area contributed by atoms with Crippen molar-refractivity contribution in [3.8, 4) is 0 Å². The fraction of sp³-hybridized carbons (Fsp3) is 0.286. The highest BCUT2D eigenvalue weighted by Gasteiger charge is 2.09. The number of halogens is 1. The van der Waals surface area contributed by atoms with Crippen LogP contribution in [-0.2, 0) is 0 Å². The Balaban J connectivity index is 2.37. The Morgan fingerprint density at radius 2 is 1.85 bits per heavy atom. The third kappa shape index (κ3) is 3.21. The van der Waals surface area contributed by atoms with Crippen LogP contribution >= 0.6 is 0 Å². The molecule has 4 N–H and O–H groups in total. The van der Waals surface area contributed by atoms with Crippen molar-refractivity contribution >= 4 is 17.3 Å². The summed E-state index contributed by atoms with van der Waals surface area (Å²) in [5.74, 6) is 6.83. The maximum Gasteiger partial charge on any atom is 0.146 e. The molecule has 1 heterocycles. The molecule has 6 heteroatoms. The third-order valence-corrected chi connectivity index (χ3v) is 2.79. The molecule has 106 valence electrons. The maximum absolute atomic E-state index is 13.8. The lowest BCUT2D eigenvalue weighted by Crippen LogP contribution is -2.12. The van der Waals surface area contributed by atoms with Crippen molar-refractivity contribution in [3.63, 3.8) is 0 Å². The van der Waals surface area contributed by atoms with Gasteiger partial charge in [-0.3, -0.25) is 0 Å². The largest absolute Gasteiger partial charge is 0.338 e. The van der Waals surface area contributed by atoms with Crippen LogP contribution in [0.2, 0.25) is 0 Å². The highest BCUT2D eigenvalue weighted by Crippen LogP contribution is 2.23. The van der Waals surface area contributed by atoms with Gasteiger partial charge in [-0.05, 0) is 24.6 Å².